The molecule has 0 spiro atoms. The molecule has 1 heterocycles. The van der Waals surface area contributed by atoms with Gasteiger partial charge in [0, 0.05) is 0 Å². The standard InChI is InChI=1S/C16H18N2O2S/c17-14(19)16(8-3-9-16)15-18-11-6-2-7-12(13(11)21-15)20-10-4-1-5-10/h2,6-7,10H,1,3-5,8-9H2,(H2,17,19). The van der Waals surface area contributed by atoms with Crippen LogP contribution < -0.4 is 10.5 Å². The van der Waals surface area contributed by atoms with E-state index in [1.54, 1.807) is 11.3 Å². The van der Waals surface area contributed by atoms with Gasteiger partial charge >= 0.3 is 0 Å². The Morgan fingerprint density at radius 1 is 1.33 bits per heavy atom. The molecule has 21 heavy (non-hydrogen) atoms. The Balaban J connectivity index is 1.75. The third-order valence-electron chi connectivity index (χ3n) is 4.81. The van der Waals surface area contributed by atoms with Crippen LogP contribution >= 0.6 is 11.3 Å². The highest BCUT2D eigenvalue weighted by molar-refractivity contribution is 7.19. The summed E-state index contributed by atoms with van der Waals surface area (Å²) in [5.41, 5.74) is 6.02. The molecule has 4 nitrogen and oxygen atoms in total. The first-order valence-electron chi connectivity index (χ1n) is 7.56. The molecule has 0 radical (unpaired) electrons. The topological polar surface area (TPSA) is 65.2 Å². The molecule has 0 unspecified atom stereocenters. The number of hydrogen-bond donors (Lipinski definition) is 1. The molecule has 2 saturated carbocycles. The predicted molar refractivity (Wildman–Crippen MR) is 82.6 cm³/mol. The van der Waals surface area contributed by atoms with Crippen LogP contribution in [-0.4, -0.2) is 17.0 Å². The molecule has 2 aliphatic rings. The van der Waals surface area contributed by atoms with Crippen LogP contribution in [0.15, 0.2) is 18.2 Å². The molecule has 2 fully saturated rings. The van der Waals surface area contributed by atoms with Gasteiger partial charge in [-0.3, -0.25) is 4.79 Å². The Morgan fingerprint density at radius 3 is 2.71 bits per heavy atom. The molecule has 5 heteroatoms. The monoisotopic (exact) mass is 302 g/mol. The largest absolute Gasteiger partial charge is 0.489 e. The van der Waals surface area contributed by atoms with Crippen LogP contribution in [0.2, 0.25) is 0 Å². The third kappa shape index (κ3) is 1.94. The van der Waals surface area contributed by atoms with E-state index in [4.69, 9.17) is 10.5 Å². The minimum Gasteiger partial charge on any atom is -0.489 e. The van der Waals surface area contributed by atoms with Crippen LogP contribution in [-0.2, 0) is 10.2 Å². The van der Waals surface area contributed by atoms with Gasteiger partial charge in [0.25, 0.3) is 0 Å². The second-order valence-electron chi connectivity index (χ2n) is 6.09. The first-order chi connectivity index (χ1) is 10.2. The van der Waals surface area contributed by atoms with Crippen molar-refractivity contribution in [1.29, 1.82) is 0 Å². The lowest BCUT2D eigenvalue weighted by Crippen LogP contribution is -2.46. The van der Waals surface area contributed by atoms with E-state index in [0.717, 1.165) is 53.1 Å². The summed E-state index contributed by atoms with van der Waals surface area (Å²) in [5, 5.41) is 0.862. The van der Waals surface area contributed by atoms with E-state index in [0.29, 0.717) is 6.10 Å². The average molecular weight is 302 g/mol. The van der Waals surface area contributed by atoms with Crippen molar-refractivity contribution in [2.75, 3.05) is 0 Å². The first-order valence-corrected chi connectivity index (χ1v) is 8.37. The Kier molecular flexibility index (Phi) is 2.92. The predicted octanol–water partition coefficient (Wildman–Crippen LogP) is 3.13. The van der Waals surface area contributed by atoms with Gasteiger partial charge in [-0.25, -0.2) is 4.98 Å². The van der Waals surface area contributed by atoms with E-state index >= 15 is 0 Å². The third-order valence-corrected chi connectivity index (χ3v) is 6.10. The number of carbonyl (C=O) groups excluding carboxylic acids is 1. The molecule has 1 aromatic heterocycles. The minimum atomic E-state index is -0.530. The number of hydrogen-bond acceptors (Lipinski definition) is 4. The van der Waals surface area contributed by atoms with E-state index in [1.165, 1.54) is 6.42 Å². The molecule has 2 aromatic rings. The number of ether oxygens (including phenoxy) is 1. The molecule has 0 bridgehead atoms. The van der Waals surface area contributed by atoms with Crippen LogP contribution in [0, 0.1) is 0 Å². The lowest BCUT2D eigenvalue weighted by atomic mass is 9.68. The van der Waals surface area contributed by atoms with Crippen LogP contribution in [0.4, 0.5) is 0 Å². The molecule has 2 N–H and O–H groups in total. The van der Waals surface area contributed by atoms with Crippen molar-refractivity contribution < 1.29 is 9.53 Å². The van der Waals surface area contributed by atoms with Gasteiger partial charge in [-0.1, -0.05) is 12.5 Å². The van der Waals surface area contributed by atoms with Gasteiger partial charge < -0.3 is 10.5 Å². The van der Waals surface area contributed by atoms with E-state index < -0.39 is 5.41 Å². The van der Waals surface area contributed by atoms with Gasteiger partial charge in [0.15, 0.2) is 0 Å². The fraction of sp³-hybridized carbons (Fsp3) is 0.500. The maximum atomic E-state index is 11.9. The first kappa shape index (κ1) is 13.1. The summed E-state index contributed by atoms with van der Waals surface area (Å²) >= 11 is 1.57. The second-order valence-corrected chi connectivity index (χ2v) is 7.09. The molecule has 110 valence electrons. The Bertz CT molecular complexity index is 701. The summed E-state index contributed by atoms with van der Waals surface area (Å²) in [5.74, 6) is 0.661. The van der Waals surface area contributed by atoms with Crippen LogP contribution in [0.1, 0.15) is 43.5 Å². The summed E-state index contributed by atoms with van der Waals surface area (Å²) in [4.78, 5) is 16.5. The average Bonchev–Trinajstić information content (AvgIpc) is 2.76. The maximum Gasteiger partial charge on any atom is 0.230 e. The molecule has 0 saturated heterocycles. The number of aromatic nitrogens is 1. The highest BCUT2D eigenvalue weighted by Crippen LogP contribution is 2.47. The van der Waals surface area contributed by atoms with Crippen molar-refractivity contribution in [2.45, 2.75) is 50.0 Å². The molecule has 2 aliphatic carbocycles. The summed E-state index contributed by atoms with van der Waals surface area (Å²) in [6.07, 6.45) is 6.54. The second kappa shape index (κ2) is 4.70. The van der Waals surface area contributed by atoms with Crippen LogP contribution in [0.3, 0.4) is 0 Å². The SMILES string of the molecule is NC(=O)C1(c2nc3cccc(OC4CCC4)c3s2)CCC1. The minimum absolute atomic E-state index is 0.241. The summed E-state index contributed by atoms with van der Waals surface area (Å²) in [7, 11) is 0. The number of fused-ring (bicyclic) bond motifs is 1. The molecule has 0 atom stereocenters. The molecular weight excluding hydrogens is 284 g/mol. The van der Waals surface area contributed by atoms with E-state index in [1.807, 2.05) is 18.2 Å². The van der Waals surface area contributed by atoms with Crippen molar-refractivity contribution in [2.24, 2.45) is 5.73 Å². The van der Waals surface area contributed by atoms with Gasteiger partial charge in [-0.05, 0) is 44.2 Å². The highest BCUT2D eigenvalue weighted by atomic mass is 32.1. The maximum absolute atomic E-state index is 11.9. The molecule has 0 aliphatic heterocycles. The number of amides is 1. The number of primary amides is 1. The van der Waals surface area contributed by atoms with Gasteiger partial charge in [0.1, 0.15) is 16.2 Å². The lowest BCUT2D eigenvalue weighted by Gasteiger charge is -2.36. The highest BCUT2D eigenvalue weighted by Gasteiger charge is 2.47. The van der Waals surface area contributed by atoms with Crippen LogP contribution in [0.25, 0.3) is 10.2 Å². The van der Waals surface area contributed by atoms with Crippen LogP contribution in [0.5, 0.6) is 5.75 Å². The quantitative estimate of drug-likeness (QED) is 0.943. The number of nitrogens with two attached hydrogens (primary N) is 1. The number of rotatable bonds is 4. The number of benzene rings is 1. The summed E-state index contributed by atoms with van der Waals surface area (Å²) < 4.78 is 7.10. The Hall–Kier alpha value is -1.62. The number of nitrogens with zero attached hydrogens (tertiary/aromatic N) is 1. The summed E-state index contributed by atoms with van der Waals surface area (Å²) in [6.45, 7) is 0. The van der Waals surface area contributed by atoms with Gasteiger partial charge in [0.05, 0.1) is 16.3 Å². The van der Waals surface area contributed by atoms with Gasteiger partial charge in [-0.2, -0.15) is 0 Å². The van der Waals surface area contributed by atoms with E-state index in [2.05, 4.69) is 4.98 Å². The zero-order valence-electron chi connectivity index (χ0n) is 11.8. The normalized spacial score (nSPS) is 20.8. The van der Waals surface area contributed by atoms with Crippen molar-refractivity contribution in [1.82, 2.24) is 4.98 Å². The molecule has 1 aromatic carbocycles. The van der Waals surface area contributed by atoms with Crippen molar-refractivity contribution in [3.8, 4) is 5.75 Å². The zero-order chi connectivity index (χ0) is 14.4. The van der Waals surface area contributed by atoms with E-state index in [9.17, 15) is 4.79 Å². The number of thiazole rings is 1. The summed E-state index contributed by atoms with van der Waals surface area (Å²) in [6, 6.07) is 5.95. The van der Waals surface area contributed by atoms with Crippen molar-refractivity contribution in [3.05, 3.63) is 23.2 Å². The lowest BCUT2D eigenvalue weighted by molar-refractivity contribution is -0.126. The van der Waals surface area contributed by atoms with Gasteiger partial charge in [0.2, 0.25) is 5.91 Å². The zero-order valence-corrected chi connectivity index (χ0v) is 12.6. The smallest absolute Gasteiger partial charge is 0.230 e. The van der Waals surface area contributed by atoms with Crippen molar-refractivity contribution in [3.63, 3.8) is 0 Å². The Labute approximate surface area is 127 Å². The Morgan fingerprint density at radius 2 is 2.14 bits per heavy atom. The van der Waals surface area contributed by atoms with Crippen molar-refractivity contribution >= 4 is 27.5 Å². The number of carbonyl (C=O) groups is 1. The fourth-order valence-electron chi connectivity index (χ4n) is 2.99. The molecule has 4 rings (SSSR count). The molecule has 1 amide bonds. The molecular formula is C16H18N2O2S. The fourth-order valence-corrected chi connectivity index (χ4v) is 4.26. The van der Waals surface area contributed by atoms with Gasteiger partial charge in [-0.15, -0.1) is 11.3 Å². The van der Waals surface area contributed by atoms with E-state index in [-0.39, 0.29) is 5.91 Å².